The Balaban J connectivity index is 2.33. The summed E-state index contributed by atoms with van der Waals surface area (Å²) >= 11 is 12.0. The van der Waals surface area contributed by atoms with Gasteiger partial charge in [-0.3, -0.25) is 0 Å². The molecule has 0 aliphatic carbocycles. The average Bonchev–Trinajstić information content (AvgIpc) is 2.40. The highest BCUT2D eigenvalue weighted by atomic mass is 35.5. The minimum atomic E-state index is 0.320. The van der Waals surface area contributed by atoms with Crippen molar-refractivity contribution < 1.29 is 4.74 Å². The zero-order valence-electron chi connectivity index (χ0n) is 10.2. The van der Waals surface area contributed by atoms with E-state index in [1.165, 1.54) is 6.33 Å². The number of anilines is 3. The normalized spacial score (nSPS) is 10.3. The van der Waals surface area contributed by atoms with Gasteiger partial charge in [0.05, 0.1) is 22.3 Å². The number of hydrogen-bond acceptors (Lipinski definition) is 5. The lowest BCUT2D eigenvalue weighted by Gasteiger charge is -2.12. The molecule has 19 heavy (non-hydrogen) atoms. The molecule has 1 heterocycles. The van der Waals surface area contributed by atoms with E-state index < -0.39 is 0 Å². The van der Waals surface area contributed by atoms with Crippen LogP contribution in [-0.2, 0) is 0 Å². The summed E-state index contributed by atoms with van der Waals surface area (Å²) < 4.78 is 5.29. The van der Waals surface area contributed by atoms with Crippen molar-refractivity contribution in [3.63, 3.8) is 0 Å². The fourth-order valence-electron chi connectivity index (χ4n) is 1.46. The van der Waals surface area contributed by atoms with E-state index in [4.69, 9.17) is 33.7 Å². The van der Waals surface area contributed by atoms with E-state index in [2.05, 4.69) is 15.3 Å². The monoisotopic (exact) mass is 298 g/mol. The molecule has 0 spiro atoms. The number of rotatable bonds is 4. The van der Waals surface area contributed by atoms with Gasteiger partial charge in [-0.15, -0.1) is 0 Å². The van der Waals surface area contributed by atoms with Gasteiger partial charge in [-0.05, 0) is 19.1 Å². The fraction of sp³-hybridized carbons (Fsp3) is 0.167. The molecule has 0 unspecified atom stereocenters. The summed E-state index contributed by atoms with van der Waals surface area (Å²) in [5.74, 6) is 0.751. The van der Waals surface area contributed by atoms with Gasteiger partial charge in [-0.2, -0.15) is 4.98 Å². The first-order valence-corrected chi connectivity index (χ1v) is 6.33. The smallest absolute Gasteiger partial charge is 0.242 e. The highest BCUT2D eigenvalue weighted by Crippen LogP contribution is 2.34. The van der Waals surface area contributed by atoms with E-state index in [1.54, 1.807) is 18.2 Å². The van der Waals surface area contributed by atoms with Crippen LogP contribution in [0.5, 0.6) is 5.88 Å². The van der Waals surface area contributed by atoms with Crippen molar-refractivity contribution in [3.05, 3.63) is 34.6 Å². The van der Waals surface area contributed by atoms with Gasteiger partial charge < -0.3 is 15.8 Å². The number of hydrogen-bond donors (Lipinski definition) is 2. The molecule has 1 aromatic carbocycles. The van der Waals surface area contributed by atoms with Crippen molar-refractivity contribution in [1.29, 1.82) is 0 Å². The molecule has 2 rings (SSSR count). The molecule has 0 fully saturated rings. The van der Waals surface area contributed by atoms with E-state index in [0.717, 1.165) is 0 Å². The number of benzene rings is 1. The van der Waals surface area contributed by atoms with Crippen LogP contribution < -0.4 is 15.8 Å². The van der Waals surface area contributed by atoms with Crippen molar-refractivity contribution in [2.75, 3.05) is 17.7 Å². The predicted molar refractivity (Wildman–Crippen MR) is 77.4 cm³/mol. The molecular formula is C12H12Cl2N4O. The third-order valence-corrected chi connectivity index (χ3v) is 3.15. The number of nitrogens with zero attached hydrogens (tertiary/aromatic N) is 2. The van der Waals surface area contributed by atoms with E-state index >= 15 is 0 Å². The Morgan fingerprint density at radius 2 is 2.11 bits per heavy atom. The highest BCUT2D eigenvalue weighted by Gasteiger charge is 2.11. The molecule has 1 aromatic heterocycles. The van der Waals surface area contributed by atoms with Crippen LogP contribution in [0.1, 0.15) is 6.92 Å². The lowest BCUT2D eigenvalue weighted by atomic mass is 10.3. The molecule has 0 atom stereocenters. The molecule has 100 valence electrons. The second kappa shape index (κ2) is 5.95. The van der Waals surface area contributed by atoms with Crippen molar-refractivity contribution >= 4 is 40.4 Å². The first kappa shape index (κ1) is 13.7. The summed E-state index contributed by atoms with van der Waals surface area (Å²) in [5.41, 5.74) is 6.85. The maximum Gasteiger partial charge on any atom is 0.242 e. The maximum atomic E-state index is 6.09. The Bertz CT molecular complexity index is 592. The predicted octanol–water partition coefficient (Wildman–Crippen LogP) is 3.51. The van der Waals surface area contributed by atoms with Crippen molar-refractivity contribution in [1.82, 2.24) is 9.97 Å². The summed E-state index contributed by atoms with van der Waals surface area (Å²) in [6.07, 6.45) is 1.36. The largest absolute Gasteiger partial charge is 0.476 e. The SMILES string of the molecule is CCOc1ncnc(Nc2cccc(Cl)c2Cl)c1N. The molecular weight excluding hydrogens is 287 g/mol. The number of ether oxygens (including phenoxy) is 1. The van der Waals surface area contributed by atoms with Crippen LogP contribution in [0.25, 0.3) is 0 Å². The van der Waals surface area contributed by atoms with E-state index in [1.807, 2.05) is 6.92 Å². The van der Waals surface area contributed by atoms with Gasteiger partial charge >= 0.3 is 0 Å². The van der Waals surface area contributed by atoms with Crippen LogP contribution in [0.4, 0.5) is 17.2 Å². The summed E-state index contributed by atoms with van der Waals surface area (Å²) in [4.78, 5) is 8.01. The third kappa shape index (κ3) is 3.00. The zero-order chi connectivity index (χ0) is 13.8. The molecule has 3 N–H and O–H groups in total. The summed E-state index contributed by atoms with van der Waals surface area (Å²) in [5, 5.41) is 3.86. The third-order valence-electron chi connectivity index (χ3n) is 2.33. The first-order chi connectivity index (χ1) is 9.13. The highest BCUT2D eigenvalue weighted by molar-refractivity contribution is 6.43. The lowest BCUT2D eigenvalue weighted by molar-refractivity contribution is 0.328. The minimum absolute atomic E-state index is 0.320. The number of nitrogens with one attached hydrogen (secondary N) is 1. The molecule has 0 saturated carbocycles. The standard InChI is InChI=1S/C12H12Cl2N4O/c1-2-19-12-10(15)11(16-6-17-12)18-8-5-3-4-7(13)9(8)14/h3-6H,2,15H2,1H3,(H,16,17,18). The number of halogens is 2. The van der Waals surface area contributed by atoms with Crippen LogP contribution in [0.15, 0.2) is 24.5 Å². The number of nitrogen functional groups attached to an aromatic ring is 1. The summed E-state index contributed by atoms with van der Waals surface area (Å²) in [6, 6.07) is 5.25. The Morgan fingerprint density at radius 1 is 1.32 bits per heavy atom. The average molecular weight is 299 g/mol. The minimum Gasteiger partial charge on any atom is -0.476 e. The molecule has 0 aliphatic rings. The molecule has 5 nitrogen and oxygen atoms in total. The molecule has 0 radical (unpaired) electrons. The second-order valence-corrected chi connectivity index (χ2v) is 4.39. The van der Waals surface area contributed by atoms with E-state index in [-0.39, 0.29) is 0 Å². The molecule has 7 heteroatoms. The van der Waals surface area contributed by atoms with Crippen molar-refractivity contribution in [3.8, 4) is 5.88 Å². The molecule has 0 bridgehead atoms. The van der Waals surface area contributed by atoms with Gasteiger partial charge in [0, 0.05) is 0 Å². The van der Waals surface area contributed by atoms with Gasteiger partial charge in [0.1, 0.15) is 12.0 Å². The van der Waals surface area contributed by atoms with Crippen molar-refractivity contribution in [2.24, 2.45) is 0 Å². The van der Waals surface area contributed by atoms with Gasteiger partial charge in [0.15, 0.2) is 5.82 Å². The number of aromatic nitrogens is 2. The van der Waals surface area contributed by atoms with Crippen LogP contribution in [0.3, 0.4) is 0 Å². The second-order valence-electron chi connectivity index (χ2n) is 3.60. The first-order valence-electron chi connectivity index (χ1n) is 5.57. The molecule has 0 saturated heterocycles. The Labute approximate surface area is 120 Å². The summed E-state index contributed by atoms with van der Waals surface area (Å²) in [7, 11) is 0. The molecule has 0 amide bonds. The van der Waals surface area contributed by atoms with Crippen LogP contribution >= 0.6 is 23.2 Å². The molecule has 0 aliphatic heterocycles. The zero-order valence-corrected chi connectivity index (χ0v) is 11.7. The van der Waals surface area contributed by atoms with Gasteiger partial charge in [0.25, 0.3) is 0 Å². The van der Waals surface area contributed by atoms with Gasteiger partial charge in [-0.1, -0.05) is 29.3 Å². The quantitative estimate of drug-likeness (QED) is 0.903. The van der Waals surface area contributed by atoms with Crippen LogP contribution in [0, 0.1) is 0 Å². The lowest BCUT2D eigenvalue weighted by Crippen LogP contribution is -2.05. The summed E-state index contributed by atoms with van der Waals surface area (Å²) in [6.45, 7) is 2.32. The van der Waals surface area contributed by atoms with Gasteiger partial charge in [-0.25, -0.2) is 4.98 Å². The number of nitrogens with two attached hydrogens (primary N) is 1. The van der Waals surface area contributed by atoms with Gasteiger partial charge in [0.2, 0.25) is 5.88 Å². The Kier molecular flexibility index (Phi) is 4.29. The van der Waals surface area contributed by atoms with E-state index in [0.29, 0.717) is 39.7 Å². The Morgan fingerprint density at radius 3 is 2.84 bits per heavy atom. The molecule has 2 aromatic rings. The van der Waals surface area contributed by atoms with Crippen molar-refractivity contribution in [2.45, 2.75) is 6.92 Å². The fourth-order valence-corrected chi connectivity index (χ4v) is 1.81. The van der Waals surface area contributed by atoms with E-state index in [9.17, 15) is 0 Å². The Hall–Kier alpha value is -1.72. The topological polar surface area (TPSA) is 73.1 Å². The van der Waals surface area contributed by atoms with Crippen LogP contribution in [0.2, 0.25) is 10.0 Å². The maximum absolute atomic E-state index is 6.09. The van der Waals surface area contributed by atoms with Crippen LogP contribution in [-0.4, -0.2) is 16.6 Å².